The summed E-state index contributed by atoms with van der Waals surface area (Å²) in [5.74, 6) is 2.75. The van der Waals surface area contributed by atoms with Gasteiger partial charge in [-0.3, -0.25) is 0 Å². The highest BCUT2D eigenvalue weighted by atomic mass is 16.5. The second kappa shape index (κ2) is 4.95. The molecule has 6 heteroatoms. The lowest BCUT2D eigenvalue weighted by molar-refractivity contribution is 0.376. The number of aryl methyl sites for hydroxylation is 2. The summed E-state index contributed by atoms with van der Waals surface area (Å²) >= 11 is 0. The summed E-state index contributed by atoms with van der Waals surface area (Å²) in [5, 5.41) is 4.04. The van der Waals surface area contributed by atoms with E-state index in [1.165, 1.54) is 0 Å². The molecule has 0 saturated carbocycles. The molecule has 0 aliphatic carbocycles. The van der Waals surface area contributed by atoms with Gasteiger partial charge in [-0.25, -0.2) is 9.97 Å². The normalized spacial score (nSPS) is 19.7. The highest BCUT2D eigenvalue weighted by Gasteiger charge is 2.25. The number of aromatic nitrogens is 4. The highest BCUT2D eigenvalue weighted by molar-refractivity contribution is 5.39. The van der Waals surface area contributed by atoms with Gasteiger partial charge in [-0.1, -0.05) is 5.16 Å². The van der Waals surface area contributed by atoms with Crippen LogP contribution in [0.25, 0.3) is 0 Å². The van der Waals surface area contributed by atoms with Crippen molar-refractivity contribution in [1.29, 1.82) is 0 Å². The summed E-state index contributed by atoms with van der Waals surface area (Å²) in [6, 6.07) is 2.02. The van der Waals surface area contributed by atoms with E-state index in [0.717, 1.165) is 43.3 Å². The topological polar surface area (TPSA) is 67.9 Å². The zero-order chi connectivity index (χ0) is 13.2. The van der Waals surface area contributed by atoms with Gasteiger partial charge in [0.05, 0.1) is 0 Å². The van der Waals surface area contributed by atoms with Crippen LogP contribution in [0.2, 0.25) is 0 Å². The van der Waals surface area contributed by atoms with Gasteiger partial charge in [-0.2, -0.15) is 4.98 Å². The van der Waals surface area contributed by atoms with E-state index in [-0.39, 0.29) is 0 Å². The van der Waals surface area contributed by atoms with E-state index in [0.29, 0.717) is 11.8 Å². The summed E-state index contributed by atoms with van der Waals surface area (Å²) in [6.45, 7) is 5.71. The van der Waals surface area contributed by atoms with Crippen molar-refractivity contribution in [2.45, 2.75) is 32.6 Å². The molecule has 3 rings (SSSR count). The molecule has 19 heavy (non-hydrogen) atoms. The van der Waals surface area contributed by atoms with Crippen LogP contribution in [0.15, 0.2) is 16.9 Å². The molecule has 3 heterocycles. The fourth-order valence-electron chi connectivity index (χ4n) is 2.49. The molecule has 1 aliphatic heterocycles. The van der Waals surface area contributed by atoms with Gasteiger partial charge < -0.3 is 9.42 Å². The Morgan fingerprint density at radius 2 is 2.21 bits per heavy atom. The third-order valence-corrected chi connectivity index (χ3v) is 3.44. The number of anilines is 1. The van der Waals surface area contributed by atoms with Gasteiger partial charge in [0.15, 0.2) is 5.82 Å². The minimum atomic E-state index is 0.321. The van der Waals surface area contributed by atoms with Crippen LogP contribution in [-0.4, -0.2) is 33.2 Å². The van der Waals surface area contributed by atoms with Crippen molar-refractivity contribution in [3.8, 4) is 0 Å². The summed E-state index contributed by atoms with van der Waals surface area (Å²) in [6.07, 6.45) is 3.83. The van der Waals surface area contributed by atoms with E-state index in [1.807, 2.05) is 19.9 Å². The van der Waals surface area contributed by atoms with E-state index in [1.54, 1.807) is 6.33 Å². The lowest BCUT2D eigenvalue weighted by Crippen LogP contribution is -2.35. The Labute approximate surface area is 111 Å². The minimum absolute atomic E-state index is 0.321. The summed E-state index contributed by atoms with van der Waals surface area (Å²) in [7, 11) is 0. The molecule has 0 N–H and O–H groups in total. The third-order valence-electron chi connectivity index (χ3n) is 3.44. The Balaban J connectivity index is 1.78. The number of hydrogen-bond donors (Lipinski definition) is 0. The molecule has 1 aliphatic rings. The van der Waals surface area contributed by atoms with Crippen LogP contribution in [0, 0.1) is 13.8 Å². The summed E-state index contributed by atoms with van der Waals surface area (Å²) in [5.41, 5.74) is 0.988. The molecule has 0 bridgehead atoms. The molecule has 2 aromatic heterocycles. The predicted octanol–water partition coefficient (Wildman–Crippen LogP) is 1.86. The summed E-state index contributed by atoms with van der Waals surface area (Å²) < 4.78 is 5.07. The van der Waals surface area contributed by atoms with E-state index in [4.69, 9.17) is 4.52 Å². The first-order valence-electron chi connectivity index (χ1n) is 6.56. The van der Waals surface area contributed by atoms with Crippen LogP contribution in [0.5, 0.6) is 0 Å². The number of hydrogen-bond acceptors (Lipinski definition) is 6. The SMILES string of the molecule is Cc1cc(N2CCC[C@H](c3noc(C)n3)C2)ncn1. The summed E-state index contributed by atoms with van der Waals surface area (Å²) in [4.78, 5) is 15.1. The molecule has 6 nitrogen and oxygen atoms in total. The van der Waals surface area contributed by atoms with Crippen molar-refractivity contribution >= 4 is 5.82 Å². The second-order valence-corrected chi connectivity index (χ2v) is 4.97. The predicted molar refractivity (Wildman–Crippen MR) is 70.0 cm³/mol. The number of nitrogens with zero attached hydrogens (tertiary/aromatic N) is 5. The maximum absolute atomic E-state index is 5.07. The quantitative estimate of drug-likeness (QED) is 0.820. The van der Waals surface area contributed by atoms with E-state index < -0.39 is 0 Å². The Kier molecular flexibility index (Phi) is 3.15. The first-order chi connectivity index (χ1) is 9.22. The van der Waals surface area contributed by atoms with Crippen LogP contribution in [0.4, 0.5) is 5.82 Å². The maximum Gasteiger partial charge on any atom is 0.223 e. The Morgan fingerprint density at radius 1 is 1.32 bits per heavy atom. The third kappa shape index (κ3) is 2.57. The lowest BCUT2D eigenvalue weighted by atomic mass is 9.97. The molecule has 0 aromatic carbocycles. The van der Waals surface area contributed by atoms with Gasteiger partial charge in [0, 0.05) is 37.7 Å². The molecular weight excluding hydrogens is 242 g/mol. The largest absolute Gasteiger partial charge is 0.356 e. The van der Waals surface area contributed by atoms with Gasteiger partial charge in [0.1, 0.15) is 12.1 Å². The minimum Gasteiger partial charge on any atom is -0.356 e. The van der Waals surface area contributed by atoms with Gasteiger partial charge in [0.25, 0.3) is 0 Å². The van der Waals surface area contributed by atoms with Crippen LogP contribution in [-0.2, 0) is 0 Å². The number of piperidine rings is 1. The molecule has 0 radical (unpaired) electrons. The average molecular weight is 259 g/mol. The highest BCUT2D eigenvalue weighted by Crippen LogP contribution is 2.27. The maximum atomic E-state index is 5.07. The van der Waals surface area contributed by atoms with Gasteiger partial charge in [-0.15, -0.1) is 0 Å². The molecule has 100 valence electrons. The van der Waals surface area contributed by atoms with E-state index >= 15 is 0 Å². The Hall–Kier alpha value is -1.98. The monoisotopic (exact) mass is 259 g/mol. The fraction of sp³-hybridized carbons (Fsp3) is 0.538. The molecule has 1 fully saturated rings. The lowest BCUT2D eigenvalue weighted by Gasteiger charge is -2.32. The van der Waals surface area contributed by atoms with Crippen LogP contribution >= 0.6 is 0 Å². The van der Waals surface area contributed by atoms with Crippen molar-refractivity contribution in [2.75, 3.05) is 18.0 Å². The van der Waals surface area contributed by atoms with Crippen molar-refractivity contribution < 1.29 is 4.52 Å². The Morgan fingerprint density at radius 3 is 2.95 bits per heavy atom. The molecule has 0 amide bonds. The molecule has 0 unspecified atom stereocenters. The van der Waals surface area contributed by atoms with Crippen molar-refractivity contribution in [3.63, 3.8) is 0 Å². The molecule has 1 atom stereocenters. The van der Waals surface area contributed by atoms with E-state index in [9.17, 15) is 0 Å². The molecule has 1 saturated heterocycles. The molecular formula is C13H17N5O. The Bertz CT molecular complexity index is 568. The van der Waals surface area contributed by atoms with E-state index in [2.05, 4.69) is 25.0 Å². The first kappa shape index (κ1) is 12.1. The van der Waals surface area contributed by atoms with Crippen molar-refractivity contribution in [2.24, 2.45) is 0 Å². The van der Waals surface area contributed by atoms with Crippen LogP contribution < -0.4 is 4.90 Å². The first-order valence-corrected chi connectivity index (χ1v) is 6.56. The fourth-order valence-corrected chi connectivity index (χ4v) is 2.49. The number of rotatable bonds is 2. The zero-order valence-corrected chi connectivity index (χ0v) is 11.2. The van der Waals surface area contributed by atoms with Crippen LogP contribution in [0.1, 0.15) is 36.2 Å². The van der Waals surface area contributed by atoms with Gasteiger partial charge in [-0.05, 0) is 19.8 Å². The van der Waals surface area contributed by atoms with Crippen molar-refractivity contribution in [3.05, 3.63) is 29.8 Å². The second-order valence-electron chi connectivity index (χ2n) is 4.97. The standard InChI is InChI=1S/C13H17N5O/c1-9-6-12(15-8-14-9)18-5-3-4-11(7-18)13-16-10(2)19-17-13/h6,8,11H,3-5,7H2,1-2H3/t11-/m0/s1. The molecule has 2 aromatic rings. The smallest absolute Gasteiger partial charge is 0.223 e. The zero-order valence-electron chi connectivity index (χ0n) is 11.2. The van der Waals surface area contributed by atoms with Gasteiger partial charge in [0.2, 0.25) is 5.89 Å². The van der Waals surface area contributed by atoms with Crippen molar-refractivity contribution in [1.82, 2.24) is 20.1 Å². The average Bonchev–Trinajstić information content (AvgIpc) is 2.86. The van der Waals surface area contributed by atoms with Crippen LogP contribution in [0.3, 0.4) is 0 Å². The molecule has 0 spiro atoms. The van der Waals surface area contributed by atoms with Gasteiger partial charge >= 0.3 is 0 Å².